The summed E-state index contributed by atoms with van der Waals surface area (Å²) in [4.78, 5) is 11.4. The first-order chi connectivity index (χ1) is 24.0. The van der Waals surface area contributed by atoms with Crippen molar-refractivity contribution in [3.8, 4) is 5.75 Å². The molecule has 0 fully saturated rings. The number of azo groups is 1. The molecule has 0 aromatic heterocycles. The van der Waals surface area contributed by atoms with Crippen molar-refractivity contribution in [2.75, 3.05) is 18.5 Å². The second-order valence-corrected chi connectivity index (χ2v) is 14.9. The molecular weight excluding hydrogens is 619 g/mol. The van der Waals surface area contributed by atoms with Crippen LogP contribution in [0.15, 0.2) is 107 Å². The van der Waals surface area contributed by atoms with Crippen LogP contribution in [0.3, 0.4) is 0 Å². The summed E-state index contributed by atoms with van der Waals surface area (Å²) in [6.07, 6.45) is 9.13. The van der Waals surface area contributed by atoms with Crippen LogP contribution in [0.2, 0.25) is 0 Å². The summed E-state index contributed by atoms with van der Waals surface area (Å²) in [5.41, 5.74) is 5.92. The van der Waals surface area contributed by atoms with Crippen LogP contribution in [0.1, 0.15) is 104 Å². The van der Waals surface area contributed by atoms with E-state index in [1.807, 2.05) is 12.1 Å². The Hall–Kier alpha value is -4.45. The highest BCUT2D eigenvalue weighted by Gasteiger charge is 2.34. The third-order valence-electron chi connectivity index (χ3n) is 9.93. The van der Waals surface area contributed by atoms with E-state index < -0.39 is 0 Å². The first kappa shape index (κ1) is 38.4. The smallest absolute Gasteiger partial charge is 0.333 e. The molecule has 0 heterocycles. The predicted octanol–water partition coefficient (Wildman–Crippen LogP) is 12.8. The number of anilines is 1. The number of unbranched alkanes of at least 4 members (excludes halogenated alkanes) is 7. The Morgan fingerprint density at radius 1 is 0.700 bits per heavy atom. The molecule has 0 spiro atoms. The molecule has 1 N–H and O–H groups in total. The highest BCUT2D eigenvalue weighted by molar-refractivity contribution is 6.00. The number of benzene rings is 4. The van der Waals surface area contributed by atoms with Gasteiger partial charge in [-0.25, -0.2) is 4.79 Å². The number of fused-ring (bicyclic) bond motifs is 1. The minimum Gasteiger partial charge on any atom is -0.494 e. The van der Waals surface area contributed by atoms with Crippen molar-refractivity contribution in [1.82, 2.24) is 0 Å². The van der Waals surface area contributed by atoms with Crippen LogP contribution >= 0.6 is 0 Å². The molecule has 0 bridgehead atoms. The summed E-state index contributed by atoms with van der Waals surface area (Å²) in [6.45, 7) is 18.6. The van der Waals surface area contributed by atoms with Gasteiger partial charge in [0.15, 0.2) is 0 Å². The molecule has 0 saturated carbocycles. The molecule has 4 rings (SSSR count). The van der Waals surface area contributed by atoms with Gasteiger partial charge in [-0.05, 0) is 78.1 Å². The van der Waals surface area contributed by atoms with E-state index in [0.29, 0.717) is 18.7 Å². The molecule has 0 saturated heterocycles. The fourth-order valence-electron chi connectivity index (χ4n) is 5.66. The van der Waals surface area contributed by atoms with Crippen molar-refractivity contribution >= 4 is 33.8 Å². The average molecular weight is 676 g/mol. The maximum absolute atomic E-state index is 11.4. The minimum atomic E-state index is -0.287. The normalized spacial score (nSPS) is 12.0. The van der Waals surface area contributed by atoms with Gasteiger partial charge in [0.2, 0.25) is 0 Å². The van der Waals surface area contributed by atoms with E-state index in [0.717, 1.165) is 59.5 Å². The van der Waals surface area contributed by atoms with E-state index >= 15 is 0 Å². The van der Waals surface area contributed by atoms with Gasteiger partial charge in [0.25, 0.3) is 0 Å². The highest BCUT2D eigenvalue weighted by atomic mass is 16.5. The molecule has 0 aliphatic heterocycles. The van der Waals surface area contributed by atoms with Crippen molar-refractivity contribution in [3.05, 3.63) is 108 Å². The summed E-state index contributed by atoms with van der Waals surface area (Å²) in [6, 6.07) is 29.3. The number of ether oxygens (including phenoxy) is 2. The number of rotatable bonds is 19. The van der Waals surface area contributed by atoms with Crippen LogP contribution in [0.25, 0.3) is 10.8 Å². The molecule has 0 atom stereocenters. The molecule has 50 heavy (non-hydrogen) atoms. The van der Waals surface area contributed by atoms with Gasteiger partial charge >= 0.3 is 5.97 Å². The van der Waals surface area contributed by atoms with Crippen LogP contribution in [0.5, 0.6) is 5.75 Å². The van der Waals surface area contributed by atoms with Crippen molar-refractivity contribution < 1.29 is 14.3 Å². The van der Waals surface area contributed by atoms with E-state index in [1.165, 1.54) is 43.2 Å². The Balaban J connectivity index is 1.19. The summed E-state index contributed by atoms with van der Waals surface area (Å²) in [5, 5.41) is 15.0. The van der Waals surface area contributed by atoms with Gasteiger partial charge in [0, 0.05) is 28.6 Å². The number of hydrogen-bond acceptors (Lipinski definition) is 6. The summed E-state index contributed by atoms with van der Waals surface area (Å²) in [5.74, 6) is 0.624. The third-order valence-corrected chi connectivity index (χ3v) is 9.93. The second-order valence-electron chi connectivity index (χ2n) is 14.9. The predicted molar refractivity (Wildman–Crippen MR) is 209 cm³/mol. The molecule has 0 aliphatic carbocycles. The van der Waals surface area contributed by atoms with E-state index in [1.54, 1.807) is 6.92 Å². The Morgan fingerprint density at radius 2 is 1.30 bits per heavy atom. The van der Waals surface area contributed by atoms with Crippen LogP contribution in [-0.4, -0.2) is 19.2 Å². The van der Waals surface area contributed by atoms with Crippen LogP contribution in [-0.2, 0) is 21.5 Å². The molecule has 0 unspecified atom stereocenters. The van der Waals surface area contributed by atoms with Gasteiger partial charge in [-0.2, -0.15) is 5.11 Å². The fourth-order valence-corrected chi connectivity index (χ4v) is 5.66. The molecule has 0 radical (unpaired) electrons. The van der Waals surface area contributed by atoms with E-state index in [9.17, 15) is 4.79 Å². The largest absolute Gasteiger partial charge is 0.494 e. The molecular formula is C44H57N3O3. The van der Waals surface area contributed by atoms with Gasteiger partial charge in [0.1, 0.15) is 5.75 Å². The number of esters is 1. The maximum atomic E-state index is 11.4. The van der Waals surface area contributed by atoms with Crippen LogP contribution in [0, 0.1) is 5.41 Å². The number of nitrogens with zero attached hydrogens (tertiary/aromatic N) is 2. The fraction of sp³-hybridized carbons (Fsp3) is 0.432. The van der Waals surface area contributed by atoms with Crippen LogP contribution < -0.4 is 10.1 Å². The quantitative estimate of drug-likeness (QED) is 0.0465. The van der Waals surface area contributed by atoms with Crippen molar-refractivity contribution in [3.63, 3.8) is 0 Å². The molecule has 4 aromatic carbocycles. The van der Waals surface area contributed by atoms with Crippen LogP contribution in [0.4, 0.5) is 17.1 Å². The lowest BCUT2D eigenvalue weighted by atomic mass is 9.65. The van der Waals surface area contributed by atoms with E-state index in [4.69, 9.17) is 9.47 Å². The Morgan fingerprint density at radius 3 is 1.92 bits per heavy atom. The zero-order valence-corrected chi connectivity index (χ0v) is 31.2. The van der Waals surface area contributed by atoms with E-state index in [2.05, 4.69) is 130 Å². The van der Waals surface area contributed by atoms with Crippen molar-refractivity contribution in [1.29, 1.82) is 0 Å². The molecule has 0 aliphatic rings. The van der Waals surface area contributed by atoms with Gasteiger partial charge in [-0.15, -0.1) is 5.11 Å². The minimum absolute atomic E-state index is 0.0484. The topological polar surface area (TPSA) is 72.3 Å². The summed E-state index contributed by atoms with van der Waals surface area (Å²) >= 11 is 0. The maximum Gasteiger partial charge on any atom is 0.333 e. The highest BCUT2D eigenvalue weighted by Crippen LogP contribution is 2.41. The van der Waals surface area contributed by atoms with Gasteiger partial charge in [-0.3, -0.25) is 0 Å². The average Bonchev–Trinajstić information content (AvgIpc) is 3.10. The van der Waals surface area contributed by atoms with Crippen molar-refractivity contribution in [2.45, 2.75) is 105 Å². The number of nitrogens with one attached hydrogen (secondary N) is 1. The number of carbonyl (C=O) groups excluding carboxylic acids is 1. The summed E-state index contributed by atoms with van der Waals surface area (Å²) in [7, 11) is 0. The Labute approximate surface area is 300 Å². The number of carbonyl (C=O) groups is 1. The Bertz CT molecular complexity index is 1700. The first-order valence-electron chi connectivity index (χ1n) is 18.3. The zero-order chi connectivity index (χ0) is 36.0. The lowest BCUT2D eigenvalue weighted by Crippen LogP contribution is -2.33. The van der Waals surface area contributed by atoms with Gasteiger partial charge < -0.3 is 14.8 Å². The number of hydrogen-bond donors (Lipinski definition) is 1. The third kappa shape index (κ3) is 11.3. The summed E-state index contributed by atoms with van der Waals surface area (Å²) < 4.78 is 11.1. The molecule has 0 amide bonds. The molecule has 4 aromatic rings. The zero-order valence-electron chi connectivity index (χ0n) is 31.2. The molecule has 266 valence electrons. The first-order valence-corrected chi connectivity index (χ1v) is 18.3. The second kappa shape index (κ2) is 18.5. The van der Waals surface area contributed by atoms with Crippen molar-refractivity contribution in [2.24, 2.45) is 15.6 Å². The lowest BCUT2D eigenvalue weighted by molar-refractivity contribution is -0.139. The molecule has 6 heteroatoms. The SMILES string of the molecule is C=C(C)C(=O)OCCCCCCCCCCOc1ccc(CNc2ccc(N=Nc3ccc(C(C)(C)C(C)(C)C)cc3)c3ccccc23)cc1. The molecule has 6 nitrogen and oxygen atoms in total. The lowest BCUT2D eigenvalue weighted by Gasteiger charge is -2.39. The van der Waals surface area contributed by atoms with Gasteiger partial charge in [0.05, 0.1) is 24.6 Å². The van der Waals surface area contributed by atoms with E-state index in [-0.39, 0.29) is 16.8 Å². The van der Waals surface area contributed by atoms with Gasteiger partial charge in [-0.1, -0.05) is 128 Å². The monoisotopic (exact) mass is 675 g/mol. The standard InChI is InChI=1S/C44H57N3O3/c1-33(2)42(48)50-31-17-13-11-9-8-10-12-16-30-49-37-26-20-34(21-27-37)32-45-40-28-29-41(39-19-15-14-18-38(39)40)47-46-36-24-22-35(23-25-36)44(6,7)43(3,4)5/h14-15,18-29,45H,1,8-13,16-17,30-32H2,2-7H3. The Kier molecular flexibility index (Phi) is 14.2.